The number of halogens is 2. The highest BCUT2D eigenvalue weighted by Gasteiger charge is 2.21. The molecule has 0 aliphatic heterocycles. The molecule has 0 saturated heterocycles. The Morgan fingerprint density at radius 2 is 1.42 bits per heavy atom. The summed E-state index contributed by atoms with van der Waals surface area (Å²) in [5.74, 6) is -1.26. The predicted octanol–water partition coefficient (Wildman–Crippen LogP) is 6.73. The largest absolute Gasteiger partial charge is 0.337 e. The van der Waals surface area contributed by atoms with Crippen molar-refractivity contribution in [1.82, 2.24) is 14.8 Å². The minimum atomic E-state index is -0.521. The Morgan fingerprint density at radius 3 is 1.95 bits per heavy atom. The fraction of sp³-hybridized carbons (Fsp3) is 0.400. The van der Waals surface area contributed by atoms with E-state index in [0.29, 0.717) is 55.2 Å². The number of aromatic nitrogens is 1. The Morgan fingerprint density at radius 1 is 0.814 bits per heavy atom. The normalized spacial score (nSPS) is 10.1. The molecule has 0 aliphatic rings. The van der Waals surface area contributed by atoms with Crippen LogP contribution in [0.5, 0.6) is 0 Å². The van der Waals surface area contributed by atoms with Gasteiger partial charge in [-0.05, 0) is 87.0 Å². The van der Waals surface area contributed by atoms with Crippen molar-refractivity contribution in [3.05, 3.63) is 99.9 Å². The lowest BCUT2D eigenvalue weighted by Crippen LogP contribution is -2.35. The molecular formula is C35H46F2N4O2. The van der Waals surface area contributed by atoms with Crippen molar-refractivity contribution in [3.63, 3.8) is 0 Å². The van der Waals surface area contributed by atoms with Gasteiger partial charge in [-0.1, -0.05) is 45.0 Å². The summed E-state index contributed by atoms with van der Waals surface area (Å²) in [7, 11) is 0. The van der Waals surface area contributed by atoms with Crippen LogP contribution in [-0.2, 0) is 13.0 Å². The summed E-state index contributed by atoms with van der Waals surface area (Å²) in [6.45, 7) is 12.6. The van der Waals surface area contributed by atoms with Gasteiger partial charge < -0.3 is 15.5 Å². The first kappa shape index (κ1) is 36.9. The fourth-order valence-electron chi connectivity index (χ4n) is 4.50. The summed E-state index contributed by atoms with van der Waals surface area (Å²) in [5.41, 5.74) is 10.2. The van der Waals surface area contributed by atoms with E-state index in [2.05, 4.69) is 50.7 Å². The minimum absolute atomic E-state index is 0.0996. The smallest absolute Gasteiger partial charge is 0.272 e. The number of carbonyl (C=O) groups excluding carboxylic acids is 2. The molecule has 0 atom stereocenters. The van der Waals surface area contributed by atoms with Crippen LogP contribution in [-0.4, -0.2) is 52.8 Å². The average Bonchev–Trinajstić information content (AvgIpc) is 2.98. The standard InChI is InChI=1S/C26H38N4O2.C7H6F2.C2H2/c1-5-13-29(14-6-2)26(32)24-18-23(16-20(4)28-24)25(31)30(15-9-12-27)19-22-11-8-10-21(7-3)17-22;1-5-2-6(8)4-7(9)3-5;1-2/h8,10-11,16-18H,5-7,9,12-15,19,27H2,1-4H3;2-4H,1H3;1-2H. The first-order chi connectivity index (χ1) is 20.6. The second-order valence-electron chi connectivity index (χ2n) is 10.2. The summed E-state index contributed by atoms with van der Waals surface area (Å²) < 4.78 is 24.4. The Kier molecular flexibility index (Phi) is 17.1. The SMILES string of the molecule is C#C.CCCN(CCC)C(=O)c1cc(C(=O)N(CCCN)Cc2cccc(CC)c2)cc(C)n1.Cc1cc(F)cc(F)c1. The van der Waals surface area contributed by atoms with Crippen LogP contribution in [0.25, 0.3) is 0 Å². The van der Waals surface area contributed by atoms with Crippen LogP contribution in [0.3, 0.4) is 0 Å². The summed E-state index contributed by atoms with van der Waals surface area (Å²) >= 11 is 0. The van der Waals surface area contributed by atoms with Crippen LogP contribution in [0.4, 0.5) is 8.78 Å². The molecule has 43 heavy (non-hydrogen) atoms. The summed E-state index contributed by atoms with van der Waals surface area (Å²) in [6, 6.07) is 15.1. The molecule has 1 aromatic heterocycles. The van der Waals surface area contributed by atoms with E-state index >= 15 is 0 Å². The average molecular weight is 593 g/mol. The van der Waals surface area contributed by atoms with Crippen molar-refractivity contribution in [2.45, 2.75) is 66.8 Å². The number of nitrogens with two attached hydrogens (primary N) is 1. The van der Waals surface area contributed by atoms with Gasteiger partial charge in [-0.3, -0.25) is 9.59 Å². The van der Waals surface area contributed by atoms with Crippen molar-refractivity contribution in [2.75, 3.05) is 26.2 Å². The lowest BCUT2D eigenvalue weighted by molar-refractivity contribution is 0.0741. The zero-order valence-corrected chi connectivity index (χ0v) is 26.2. The molecule has 0 radical (unpaired) electrons. The Hall–Kier alpha value is -4.09. The number of amides is 2. The Balaban J connectivity index is 0.000000707. The molecule has 0 unspecified atom stereocenters. The van der Waals surface area contributed by atoms with E-state index < -0.39 is 11.6 Å². The van der Waals surface area contributed by atoms with Gasteiger partial charge in [0.05, 0.1) is 0 Å². The van der Waals surface area contributed by atoms with Crippen LogP contribution >= 0.6 is 0 Å². The quantitative estimate of drug-likeness (QED) is 0.237. The molecule has 0 saturated carbocycles. The molecule has 2 aromatic carbocycles. The highest BCUT2D eigenvalue weighted by atomic mass is 19.1. The zero-order valence-electron chi connectivity index (χ0n) is 26.2. The molecule has 0 bridgehead atoms. The van der Waals surface area contributed by atoms with Crippen LogP contribution in [0.15, 0.2) is 54.6 Å². The van der Waals surface area contributed by atoms with Gasteiger partial charge in [-0.25, -0.2) is 13.8 Å². The Labute approximate surface area is 256 Å². The molecular weight excluding hydrogens is 546 g/mol. The van der Waals surface area contributed by atoms with E-state index in [1.54, 1.807) is 19.1 Å². The maximum Gasteiger partial charge on any atom is 0.272 e. The van der Waals surface area contributed by atoms with Gasteiger partial charge in [0.25, 0.3) is 11.8 Å². The number of terminal acetylenes is 1. The van der Waals surface area contributed by atoms with Gasteiger partial charge in [-0.15, -0.1) is 12.8 Å². The lowest BCUT2D eigenvalue weighted by atomic mass is 10.1. The molecule has 3 aromatic rings. The van der Waals surface area contributed by atoms with Gasteiger partial charge >= 0.3 is 0 Å². The van der Waals surface area contributed by atoms with E-state index in [1.807, 2.05) is 28.9 Å². The number of hydrogen-bond donors (Lipinski definition) is 1. The molecule has 0 aliphatic carbocycles. The molecule has 8 heteroatoms. The van der Waals surface area contributed by atoms with E-state index in [-0.39, 0.29) is 11.8 Å². The number of hydrogen-bond acceptors (Lipinski definition) is 4. The summed E-state index contributed by atoms with van der Waals surface area (Å²) in [4.78, 5) is 34.7. The van der Waals surface area contributed by atoms with Gasteiger partial charge in [0.15, 0.2) is 0 Å². The zero-order chi connectivity index (χ0) is 32.4. The van der Waals surface area contributed by atoms with E-state index in [4.69, 9.17) is 5.73 Å². The van der Waals surface area contributed by atoms with Crippen LogP contribution in [0.1, 0.15) is 83.3 Å². The monoisotopic (exact) mass is 592 g/mol. The number of benzene rings is 2. The van der Waals surface area contributed by atoms with Crippen LogP contribution < -0.4 is 5.73 Å². The van der Waals surface area contributed by atoms with Gasteiger partial charge in [-0.2, -0.15) is 0 Å². The molecule has 2 amide bonds. The number of rotatable bonds is 12. The van der Waals surface area contributed by atoms with Crippen molar-refractivity contribution >= 4 is 11.8 Å². The number of carbonyl (C=O) groups is 2. The topological polar surface area (TPSA) is 79.5 Å². The first-order valence-electron chi connectivity index (χ1n) is 14.7. The molecule has 3 rings (SSSR count). The first-order valence-corrected chi connectivity index (χ1v) is 14.7. The second kappa shape index (κ2) is 19.9. The van der Waals surface area contributed by atoms with Gasteiger partial charge in [0.1, 0.15) is 17.3 Å². The van der Waals surface area contributed by atoms with E-state index in [9.17, 15) is 18.4 Å². The second-order valence-corrected chi connectivity index (χ2v) is 10.2. The van der Waals surface area contributed by atoms with Crippen molar-refractivity contribution in [1.29, 1.82) is 0 Å². The third kappa shape index (κ3) is 12.8. The van der Waals surface area contributed by atoms with Gasteiger partial charge in [0.2, 0.25) is 0 Å². The Bertz CT molecular complexity index is 1270. The number of pyridine rings is 1. The number of nitrogens with zero attached hydrogens (tertiary/aromatic N) is 3. The van der Waals surface area contributed by atoms with Crippen molar-refractivity contribution in [3.8, 4) is 12.8 Å². The summed E-state index contributed by atoms with van der Waals surface area (Å²) in [5, 5.41) is 0. The number of aryl methyl sites for hydroxylation is 3. The lowest BCUT2D eigenvalue weighted by Gasteiger charge is -2.24. The van der Waals surface area contributed by atoms with Crippen molar-refractivity contribution < 1.29 is 18.4 Å². The molecule has 2 N–H and O–H groups in total. The minimum Gasteiger partial charge on any atom is -0.337 e. The summed E-state index contributed by atoms with van der Waals surface area (Å²) in [6.07, 6.45) is 11.4. The highest BCUT2D eigenvalue weighted by Crippen LogP contribution is 2.16. The fourth-order valence-corrected chi connectivity index (χ4v) is 4.50. The van der Waals surface area contributed by atoms with Crippen LogP contribution in [0, 0.1) is 38.3 Å². The highest BCUT2D eigenvalue weighted by molar-refractivity contribution is 5.98. The van der Waals surface area contributed by atoms with Crippen molar-refractivity contribution in [2.24, 2.45) is 5.73 Å². The molecule has 6 nitrogen and oxygen atoms in total. The maximum atomic E-state index is 13.5. The molecule has 0 fully saturated rings. The third-order valence-electron chi connectivity index (χ3n) is 6.39. The van der Waals surface area contributed by atoms with Gasteiger partial charge in [0, 0.05) is 43.5 Å². The molecule has 232 valence electrons. The predicted molar refractivity (Wildman–Crippen MR) is 171 cm³/mol. The molecule has 1 heterocycles. The third-order valence-corrected chi connectivity index (χ3v) is 6.39. The van der Waals surface area contributed by atoms with Crippen LogP contribution in [0.2, 0.25) is 0 Å². The van der Waals surface area contributed by atoms with E-state index in [0.717, 1.165) is 37.3 Å². The maximum absolute atomic E-state index is 13.5. The molecule has 0 spiro atoms. The van der Waals surface area contributed by atoms with E-state index in [1.165, 1.54) is 17.7 Å².